The van der Waals surface area contributed by atoms with Gasteiger partial charge in [0.25, 0.3) is 5.89 Å². The molecule has 0 bridgehead atoms. The number of rotatable bonds is 5. The molecule has 0 aliphatic carbocycles. The summed E-state index contributed by atoms with van der Waals surface area (Å²) in [7, 11) is 0. The number of allylic oxidation sites excluding steroid dienone is 1. The fourth-order valence-corrected chi connectivity index (χ4v) is 4.16. The summed E-state index contributed by atoms with van der Waals surface area (Å²) >= 11 is 7.06. The van der Waals surface area contributed by atoms with E-state index in [1.165, 1.54) is 23.5 Å². The van der Waals surface area contributed by atoms with Crippen LogP contribution in [0.1, 0.15) is 24.4 Å². The molecule has 2 aromatic heterocycles. The average Bonchev–Trinajstić information content (AvgIpc) is 3.36. The predicted molar refractivity (Wildman–Crippen MR) is 112 cm³/mol. The molecule has 1 aliphatic heterocycles. The van der Waals surface area contributed by atoms with Crippen LogP contribution in [0.25, 0.3) is 16.3 Å². The summed E-state index contributed by atoms with van der Waals surface area (Å²) in [6.07, 6.45) is 1.77. The Bertz CT molecular complexity index is 1060. The number of nitrogens with zero attached hydrogens (tertiary/aromatic N) is 3. The van der Waals surface area contributed by atoms with Gasteiger partial charge in [0.1, 0.15) is 5.82 Å². The molecular weight excluding hydrogens is 395 g/mol. The van der Waals surface area contributed by atoms with Gasteiger partial charge in [0.2, 0.25) is 5.82 Å². The normalized spacial score (nSPS) is 17.0. The average molecular weight is 413 g/mol. The zero-order valence-electron chi connectivity index (χ0n) is 15.1. The van der Waals surface area contributed by atoms with Crippen molar-refractivity contribution in [2.45, 2.75) is 13.0 Å². The third-order valence-electron chi connectivity index (χ3n) is 4.49. The molecule has 1 atom stereocenters. The maximum Gasteiger partial charge on any atom is 0.258 e. The maximum atomic E-state index is 13.9. The van der Waals surface area contributed by atoms with Gasteiger partial charge in [-0.15, -0.1) is 17.9 Å². The third kappa shape index (κ3) is 3.36. The van der Waals surface area contributed by atoms with Crippen molar-refractivity contribution in [2.75, 3.05) is 6.54 Å². The Kier molecular flexibility index (Phi) is 5.06. The second-order valence-corrected chi connectivity index (χ2v) is 7.57. The van der Waals surface area contributed by atoms with E-state index in [0.717, 1.165) is 21.7 Å². The van der Waals surface area contributed by atoms with Crippen molar-refractivity contribution < 1.29 is 8.91 Å². The van der Waals surface area contributed by atoms with E-state index in [4.69, 9.17) is 16.7 Å². The number of halogens is 1. The number of benzene rings is 1. The highest BCUT2D eigenvalue weighted by Crippen LogP contribution is 2.37. The Labute approximate surface area is 171 Å². The first-order chi connectivity index (χ1) is 13.6. The van der Waals surface area contributed by atoms with Crippen molar-refractivity contribution in [3.05, 3.63) is 77.4 Å². The number of hydrogen-bond donors (Lipinski definition) is 1. The quantitative estimate of drug-likeness (QED) is 0.481. The molecule has 28 heavy (non-hydrogen) atoms. The molecule has 3 heterocycles. The first-order valence-electron chi connectivity index (χ1n) is 8.61. The van der Waals surface area contributed by atoms with Crippen LogP contribution in [0.3, 0.4) is 0 Å². The van der Waals surface area contributed by atoms with E-state index in [-0.39, 0.29) is 5.82 Å². The Hall–Kier alpha value is -2.84. The molecule has 0 radical (unpaired) electrons. The number of nitrogens with one attached hydrogen (secondary N) is 1. The molecule has 0 saturated heterocycles. The van der Waals surface area contributed by atoms with Crippen molar-refractivity contribution in [3.8, 4) is 10.7 Å². The summed E-state index contributed by atoms with van der Waals surface area (Å²) < 4.78 is 19.5. The van der Waals surface area contributed by atoms with Gasteiger partial charge in [-0.2, -0.15) is 4.98 Å². The SMILES string of the molecule is C=CCN1C(=S)NC(c2cccc(F)c2)C(c2nc(-c3cccs3)no2)=C1C. The molecule has 1 unspecified atom stereocenters. The molecule has 8 heteroatoms. The molecule has 0 saturated carbocycles. The van der Waals surface area contributed by atoms with Crippen LogP contribution >= 0.6 is 23.6 Å². The second-order valence-electron chi connectivity index (χ2n) is 6.24. The molecule has 0 fully saturated rings. The van der Waals surface area contributed by atoms with Gasteiger partial charge in [-0.3, -0.25) is 0 Å². The van der Waals surface area contributed by atoms with Gasteiger partial charge in [0.15, 0.2) is 5.11 Å². The summed E-state index contributed by atoms with van der Waals surface area (Å²) in [5, 5.41) is 9.89. The zero-order chi connectivity index (χ0) is 19.7. The van der Waals surface area contributed by atoms with Gasteiger partial charge in [0, 0.05) is 12.2 Å². The van der Waals surface area contributed by atoms with Crippen LogP contribution in [0.2, 0.25) is 0 Å². The highest BCUT2D eigenvalue weighted by molar-refractivity contribution is 7.80. The van der Waals surface area contributed by atoms with E-state index >= 15 is 0 Å². The highest BCUT2D eigenvalue weighted by Gasteiger charge is 2.33. The third-order valence-corrected chi connectivity index (χ3v) is 5.69. The number of hydrogen-bond acceptors (Lipinski definition) is 5. The summed E-state index contributed by atoms with van der Waals surface area (Å²) in [5.74, 6) is 0.575. The molecular formula is C20H17FN4OS2. The minimum Gasteiger partial charge on any atom is -0.351 e. The van der Waals surface area contributed by atoms with E-state index < -0.39 is 6.04 Å². The molecule has 1 N–H and O–H groups in total. The Morgan fingerprint density at radius 3 is 2.96 bits per heavy atom. The lowest BCUT2D eigenvalue weighted by molar-refractivity contribution is 0.399. The molecule has 4 rings (SSSR count). The van der Waals surface area contributed by atoms with E-state index in [1.807, 2.05) is 35.4 Å². The lowest BCUT2D eigenvalue weighted by Gasteiger charge is -2.36. The summed E-state index contributed by atoms with van der Waals surface area (Å²) in [6.45, 7) is 6.27. The van der Waals surface area contributed by atoms with E-state index in [0.29, 0.717) is 23.4 Å². The molecule has 3 aromatic rings. The van der Waals surface area contributed by atoms with Gasteiger partial charge in [-0.05, 0) is 48.3 Å². The standard InChI is InChI=1S/C20H17FN4OS2/c1-3-9-25-12(2)16(19-23-18(24-26-19)15-8-5-10-28-15)17(22-20(25)27)13-6-4-7-14(21)11-13/h3-8,10-11,17H,1,9H2,2H3,(H,22,27). The van der Waals surface area contributed by atoms with Crippen LogP contribution in [0.5, 0.6) is 0 Å². The zero-order valence-corrected chi connectivity index (χ0v) is 16.7. The van der Waals surface area contributed by atoms with Gasteiger partial charge in [0.05, 0.1) is 16.5 Å². The highest BCUT2D eigenvalue weighted by atomic mass is 32.1. The lowest BCUT2D eigenvalue weighted by atomic mass is 9.94. The summed E-state index contributed by atoms with van der Waals surface area (Å²) in [5.41, 5.74) is 2.35. The summed E-state index contributed by atoms with van der Waals surface area (Å²) in [6, 6.07) is 9.87. The summed E-state index contributed by atoms with van der Waals surface area (Å²) in [4.78, 5) is 7.41. The number of aromatic nitrogens is 2. The molecule has 142 valence electrons. The van der Waals surface area contributed by atoms with Crippen molar-refractivity contribution in [1.29, 1.82) is 0 Å². The van der Waals surface area contributed by atoms with Crippen LogP contribution < -0.4 is 5.32 Å². The van der Waals surface area contributed by atoms with Gasteiger partial charge < -0.3 is 14.7 Å². The largest absolute Gasteiger partial charge is 0.351 e. The molecule has 0 spiro atoms. The first kappa shape index (κ1) is 18.5. The minimum absolute atomic E-state index is 0.319. The van der Waals surface area contributed by atoms with Crippen LogP contribution in [0.4, 0.5) is 4.39 Å². The van der Waals surface area contributed by atoms with Crippen molar-refractivity contribution >= 4 is 34.2 Å². The Balaban J connectivity index is 1.84. The predicted octanol–water partition coefficient (Wildman–Crippen LogP) is 4.79. The maximum absolute atomic E-state index is 13.9. The minimum atomic E-state index is -0.402. The van der Waals surface area contributed by atoms with Crippen LogP contribution in [-0.2, 0) is 0 Å². The number of thiocarbonyl (C=S) groups is 1. The first-order valence-corrected chi connectivity index (χ1v) is 9.90. The van der Waals surface area contributed by atoms with Gasteiger partial charge >= 0.3 is 0 Å². The monoisotopic (exact) mass is 412 g/mol. The van der Waals surface area contributed by atoms with Crippen molar-refractivity contribution in [2.24, 2.45) is 0 Å². The fraction of sp³-hybridized carbons (Fsp3) is 0.150. The molecule has 0 amide bonds. The number of thiophene rings is 1. The van der Waals surface area contributed by atoms with E-state index in [9.17, 15) is 4.39 Å². The second kappa shape index (κ2) is 7.65. The topological polar surface area (TPSA) is 54.2 Å². The van der Waals surface area contributed by atoms with Gasteiger partial charge in [-0.1, -0.05) is 29.4 Å². The fourth-order valence-electron chi connectivity index (χ4n) is 3.18. The lowest BCUT2D eigenvalue weighted by Crippen LogP contribution is -2.45. The van der Waals surface area contributed by atoms with Crippen molar-refractivity contribution in [1.82, 2.24) is 20.4 Å². The molecule has 1 aromatic carbocycles. The molecule has 5 nitrogen and oxygen atoms in total. The van der Waals surface area contributed by atoms with Crippen LogP contribution in [0.15, 0.2) is 64.7 Å². The van der Waals surface area contributed by atoms with E-state index in [1.54, 1.807) is 12.1 Å². The van der Waals surface area contributed by atoms with E-state index in [2.05, 4.69) is 22.0 Å². The molecule has 1 aliphatic rings. The van der Waals surface area contributed by atoms with Crippen LogP contribution in [0, 0.1) is 5.82 Å². The Morgan fingerprint density at radius 2 is 2.25 bits per heavy atom. The smallest absolute Gasteiger partial charge is 0.258 e. The Morgan fingerprint density at radius 1 is 1.39 bits per heavy atom. The van der Waals surface area contributed by atoms with Gasteiger partial charge in [-0.25, -0.2) is 4.39 Å². The van der Waals surface area contributed by atoms with Crippen molar-refractivity contribution in [3.63, 3.8) is 0 Å². The van der Waals surface area contributed by atoms with Crippen LogP contribution in [-0.4, -0.2) is 26.7 Å².